The van der Waals surface area contributed by atoms with Crippen LogP contribution in [0.1, 0.15) is 61.1 Å². The van der Waals surface area contributed by atoms with Crippen molar-refractivity contribution < 1.29 is 4.79 Å². The van der Waals surface area contributed by atoms with Gasteiger partial charge in [0.05, 0.1) is 16.8 Å². The summed E-state index contributed by atoms with van der Waals surface area (Å²) in [5, 5.41) is 0. The van der Waals surface area contributed by atoms with Gasteiger partial charge in [-0.15, -0.1) is 0 Å². The molecule has 2 heterocycles. The molecule has 0 radical (unpaired) electrons. The Balaban J connectivity index is 2.36. The van der Waals surface area contributed by atoms with Crippen molar-refractivity contribution in [2.24, 2.45) is 18.7 Å². The van der Waals surface area contributed by atoms with E-state index < -0.39 is 5.91 Å². The summed E-state index contributed by atoms with van der Waals surface area (Å²) in [6.45, 7) is 11.2. The van der Waals surface area contributed by atoms with Crippen LogP contribution in [0.2, 0.25) is 0 Å². The maximum absolute atomic E-state index is 13.7. The molecule has 0 saturated heterocycles. The molecule has 0 saturated carbocycles. The Labute approximate surface area is 184 Å². The van der Waals surface area contributed by atoms with Gasteiger partial charge >= 0.3 is 0 Å². The van der Waals surface area contributed by atoms with Crippen molar-refractivity contribution in [3.63, 3.8) is 0 Å². The zero-order chi connectivity index (χ0) is 22.9. The Hall–Kier alpha value is -3.02. The molecule has 1 amide bonds. The average Bonchev–Trinajstić information content (AvgIpc) is 3.11. The molecule has 31 heavy (non-hydrogen) atoms. The van der Waals surface area contributed by atoms with Gasteiger partial charge in [-0.3, -0.25) is 14.3 Å². The van der Waals surface area contributed by atoms with Crippen LogP contribution in [0.25, 0.3) is 16.8 Å². The Morgan fingerprint density at radius 3 is 2.26 bits per heavy atom. The average molecular weight is 423 g/mol. The van der Waals surface area contributed by atoms with Crippen LogP contribution in [0.5, 0.6) is 0 Å². The van der Waals surface area contributed by atoms with Gasteiger partial charge in [-0.2, -0.15) is 0 Å². The second-order valence-corrected chi connectivity index (χ2v) is 8.67. The Kier molecular flexibility index (Phi) is 6.58. The largest absolute Gasteiger partial charge is 0.366 e. The van der Waals surface area contributed by atoms with Gasteiger partial charge in [0.2, 0.25) is 0 Å². The molecular formula is C25H34N4O2. The minimum absolute atomic E-state index is 0.132. The van der Waals surface area contributed by atoms with E-state index in [1.54, 1.807) is 4.68 Å². The van der Waals surface area contributed by atoms with Crippen molar-refractivity contribution in [3.8, 4) is 16.8 Å². The fourth-order valence-corrected chi connectivity index (χ4v) is 4.41. The number of aromatic nitrogens is 3. The molecule has 6 nitrogen and oxygen atoms in total. The Bertz CT molecular complexity index is 1150. The second kappa shape index (κ2) is 9.00. The molecule has 6 heteroatoms. The third-order valence-electron chi connectivity index (χ3n) is 6.10. The lowest BCUT2D eigenvalue weighted by Gasteiger charge is -2.14. The molecule has 3 rings (SSSR count). The van der Waals surface area contributed by atoms with Gasteiger partial charge in [0.25, 0.3) is 11.5 Å². The number of primary amides is 1. The fourth-order valence-electron chi connectivity index (χ4n) is 4.41. The molecule has 0 fully saturated rings. The number of benzene rings is 1. The molecule has 0 aliphatic carbocycles. The minimum Gasteiger partial charge on any atom is -0.366 e. The number of rotatable bonds is 8. The van der Waals surface area contributed by atoms with Crippen molar-refractivity contribution in [2.45, 2.75) is 60.4 Å². The maximum Gasteiger partial charge on any atom is 0.279 e. The summed E-state index contributed by atoms with van der Waals surface area (Å²) in [7, 11) is 1.87. The van der Waals surface area contributed by atoms with Crippen LogP contribution < -0.4 is 11.3 Å². The van der Waals surface area contributed by atoms with Crippen LogP contribution in [0.3, 0.4) is 0 Å². The van der Waals surface area contributed by atoms with Gasteiger partial charge in [0.15, 0.2) is 0 Å². The van der Waals surface area contributed by atoms with Crippen molar-refractivity contribution in [2.75, 3.05) is 0 Å². The molecule has 0 aliphatic heterocycles. The smallest absolute Gasteiger partial charge is 0.279 e. The minimum atomic E-state index is -0.484. The summed E-state index contributed by atoms with van der Waals surface area (Å²) in [5.41, 5.74) is 11.0. The van der Waals surface area contributed by atoms with Crippen molar-refractivity contribution >= 4 is 5.91 Å². The first-order chi connectivity index (χ1) is 14.7. The fraction of sp³-hybridized carbons (Fsp3) is 0.440. The Morgan fingerprint density at radius 1 is 1.06 bits per heavy atom. The van der Waals surface area contributed by atoms with E-state index in [2.05, 4.69) is 25.3 Å². The molecule has 2 N–H and O–H groups in total. The summed E-state index contributed by atoms with van der Waals surface area (Å²) in [6, 6.07) is 9.56. The van der Waals surface area contributed by atoms with Gasteiger partial charge in [-0.1, -0.05) is 45.4 Å². The van der Waals surface area contributed by atoms with E-state index in [0.717, 1.165) is 48.6 Å². The monoisotopic (exact) mass is 422 g/mol. The standard InChI is InChI=1S/C25H34N4O2/c1-7-11-20-23(21(24(26)30)18(5)28(20)15-14-16(2)3)22-17(4)27(6)29(25(22)31)19-12-9-8-10-13-19/h8-10,12-13,16H,7,11,14-15H2,1-6H3,(H2,26,30). The third kappa shape index (κ3) is 3.99. The zero-order valence-electron chi connectivity index (χ0n) is 19.5. The highest BCUT2D eigenvalue weighted by Gasteiger charge is 2.29. The molecule has 0 unspecified atom stereocenters. The third-order valence-corrected chi connectivity index (χ3v) is 6.10. The summed E-state index contributed by atoms with van der Waals surface area (Å²) in [4.78, 5) is 26.3. The van der Waals surface area contributed by atoms with E-state index in [-0.39, 0.29) is 5.56 Å². The van der Waals surface area contributed by atoms with Crippen molar-refractivity contribution in [1.82, 2.24) is 13.9 Å². The lowest BCUT2D eigenvalue weighted by molar-refractivity contribution is 0.1000. The van der Waals surface area contributed by atoms with E-state index in [4.69, 9.17) is 5.73 Å². The number of para-hydroxylation sites is 1. The number of carbonyl (C=O) groups is 1. The SMILES string of the molecule is CCCc1c(-c2c(C)n(C)n(-c3ccccc3)c2=O)c(C(N)=O)c(C)n1CCC(C)C. The molecule has 0 aliphatic rings. The van der Waals surface area contributed by atoms with E-state index in [0.29, 0.717) is 22.6 Å². The molecule has 0 spiro atoms. The van der Waals surface area contributed by atoms with E-state index in [1.165, 1.54) is 0 Å². The molecule has 2 aromatic heterocycles. The van der Waals surface area contributed by atoms with Gasteiger partial charge < -0.3 is 10.3 Å². The first-order valence-electron chi connectivity index (χ1n) is 11.1. The number of hydrogen-bond donors (Lipinski definition) is 1. The molecule has 0 atom stereocenters. The van der Waals surface area contributed by atoms with E-state index in [1.807, 2.05) is 55.9 Å². The van der Waals surface area contributed by atoms with Crippen molar-refractivity contribution in [1.29, 1.82) is 0 Å². The van der Waals surface area contributed by atoms with Crippen LogP contribution in [0, 0.1) is 19.8 Å². The predicted molar refractivity (Wildman–Crippen MR) is 126 cm³/mol. The van der Waals surface area contributed by atoms with Crippen LogP contribution in [0.15, 0.2) is 35.1 Å². The predicted octanol–water partition coefficient (Wildman–Crippen LogP) is 4.36. The summed E-state index contributed by atoms with van der Waals surface area (Å²) in [6.07, 6.45) is 2.68. The lowest BCUT2D eigenvalue weighted by Crippen LogP contribution is -2.21. The number of hydrogen-bond acceptors (Lipinski definition) is 2. The van der Waals surface area contributed by atoms with Gasteiger partial charge in [0.1, 0.15) is 0 Å². The van der Waals surface area contributed by atoms with Crippen molar-refractivity contribution in [3.05, 3.63) is 63.3 Å². The van der Waals surface area contributed by atoms with Crippen LogP contribution in [-0.2, 0) is 20.0 Å². The number of amides is 1. The number of carbonyl (C=O) groups excluding carboxylic acids is 1. The summed E-state index contributed by atoms with van der Waals surface area (Å²) < 4.78 is 5.72. The summed E-state index contributed by atoms with van der Waals surface area (Å²) in [5.74, 6) is 0.0487. The normalized spacial score (nSPS) is 11.5. The van der Waals surface area contributed by atoms with E-state index >= 15 is 0 Å². The zero-order valence-corrected chi connectivity index (χ0v) is 19.5. The van der Waals surface area contributed by atoms with Crippen LogP contribution in [0.4, 0.5) is 0 Å². The Morgan fingerprint density at radius 2 is 1.71 bits per heavy atom. The summed E-state index contributed by atoms with van der Waals surface area (Å²) >= 11 is 0. The van der Waals surface area contributed by atoms with E-state index in [9.17, 15) is 9.59 Å². The maximum atomic E-state index is 13.7. The molecule has 3 aromatic rings. The first-order valence-corrected chi connectivity index (χ1v) is 11.1. The van der Waals surface area contributed by atoms with Crippen LogP contribution in [-0.4, -0.2) is 19.8 Å². The molecular weight excluding hydrogens is 388 g/mol. The second-order valence-electron chi connectivity index (χ2n) is 8.67. The quantitative estimate of drug-likeness (QED) is 0.586. The molecule has 166 valence electrons. The highest BCUT2D eigenvalue weighted by molar-refractivity contribution is 6.02. The van der Waals surface area contributed by atoms with Gasteiger partial charge in [-0.25, -0.2) is 4.68 Å². The molecule has 0 bridgehead atoms. The topological polar surface area (TPSA) is 75.0 Å². The number of nitrogens with zero attached hydrogens (tertiary/aromatic N) is 3. The highest BCUT2D eigenvalue weighted by Crippen LogP contribution is 2.34. The van der Waals surface area contributed by atoms with Gasteiger partial charge in [-0.05, 0) is 44.7 Å². The molecule has 1 aromatic carbocycles. The number of nitrogens with two attached hydrogens (primary N) is 1. The highest BCUT2D eigenvalue weighted by atomic mass is 16.1. The lowest BCUT2D eigenvalue weighted by atomic mass is 9.98. The first kappa shape index (κ1) is 22.7. The van der Waals surface area contributed by atoms with Gasteiger partial charge in [0, 0.05) is 36.2 Å². The van der Waals surface area contributed by atoms with Crippen LogP contribution >= 0.6 is 0 Å².